The average molecular weight is 481 g/mol. The molecular weight excluding hydrogens is 452 g/mol. The summed E-state index contributed by atoms with van der Waals surface area (Å²) in [5, 5.41) is 4.63. The zero-order valence-electron chi connectivity index (χ0n) is 19.4. The number of carbonyl (C=O) groups is 2. The molecule has 1 fully saturated rings. The maximum Gasteiger partial charge on any atom is 0.253 e. The van der Waals surface area contributed by atoms with Crippen molar-refractivity contribution in [1.29, 1.82) is 0 Å². The van der Waals surface area contributed by atoms with Crippen LogP contribution in [0.1, 0.15) is 30.0 Å². The van der Waals surface area contributed by atoms with Crippen LogP contribution in [0.15, 0.2) is 48.5 Å². The molecule has 9 heteroatoms. The van der Waals surface area contributed by atoms with E-state index in [1.807, 2.05) is 43.0 Å². The van der Waals surface area contributed by atoms with E-state index in [-0.39, 0.29) is 11.8 Å². The van der Waals surface area contributed by atoms with Crippen LogP contribution < -0.4 is 11.1 Å². The molecule has 4 rings (SSSR count). The molecule has 1 aliphatic heterocycles. The number of rotatable bonds is 7. The lowest BCUT2D eigenvalue weighted by atomic mass is 10.0. The van der Waals surface area contributed by atoms with Crippen LogP contribution in [-0.4, -0.2) is 63.8 Å². The number of hydrogen-bond donors (Lipinski definition) is 2. The topological polar surface area (TPSA) is 104 Å². The number of hydrogen-bond acceptors (Lipinski definition) is 6. The molecule has 0 radical (unpaired) electrons. The second-order valence-corrected chi connectivity index (χ2v) is 9.29. The van der Waals surface area contributed by atoms with Crippen LogP contribution in [0.4, 0.5) is 5.82 Å². The first-order valence-electron chi connectivity index (χ1n) is 11.4. The molecule has 1 aromatic heterocycles. The van der Waals surface area contributed by atoms with E-state index in [0.29, 0.717) is 55.0 Å². The number of para-hydroxylation sites is 1. The molecule has 1 saturated heterocycles. The lowest BCUT2D eigenvalue weighted by Gasteiger charge is -2.34. The summed E-state index contributed by atoms with van der Waals surface area (Å²) in [5.74, 6) is 0.844. The van der Waals surface area contributed by atoms with Gasteiger partial charge in [0.25, 0.3) is 5.91 Å². The fraction of sp³-hybridized carbons (Fsp3) is 0.360. The smallest absolute Gasteiger partial charge is 0.253 e. The highest BCUT2D eigenvalue weighted by Crippen LogP contribution is 2.23. The second kappa shape index (κ2) is 10.4. The number of nitrogens with two attached hydrogens (primary N) is 1. The van der Waals surface area contributed by atoms with Crippen molar-refractivity contribution in [1.82, 2.24) is 19.8 Å². The number of benzene rings is 2. The van der Waals surface area contributed by atoms with E-state index in [1.165, 1.54) is 0 Å². The number of carbonyl (C=O) groups excluding carboxylic acids is 2. The van der Waals surface area contributed by atoms with Crippen molar-refractivity contribution in [2.45, 2.75) is 26.4 Å². The van der Waals surface area contributed by atoms with Crippen LogP contribution in [0.25, 0.3) is 10.9 Å². The van der Waals surface area contributed by atoms with Crippen LogP contribution in [-0.2, 0) is 11.3 Å². The molecule has 0 spiro atoms. The first kappa shape index (κ1) is 23.9. The third-order valence-corrected chi connectivity index (χ3v) is 6.25. The standard InChI is InChI=1S/C25H29ClN6O2/c1-16(2)22(23(27)33)30-24-19-8-3-4-9-20(19)28-21(29-24)15-31-10-12-32(13-11-31)25(34)17-6-5-7-18(26)14-17/h3-9,14,16,22H,10-13,15H2,1-2H3,(H2,27,33)(H,28,29,30)/t22-/m0/s1. The van der Waals surface area contributed by atoms with Crippen molar-refractivity contribution in [3.05, 3.63) is 64.9 Å². The van der Waals surface area contributed by atoms with Crippen molar-refractivity contribution < 1.29 is 9.59 Å². The van der Waals surface area contributed by atoms with Gasteiger partial charge in [0.1, 0.15) is 17.7 Å². The Bertz CT molecular complexity index is 1190. The minimum atomic E-state index is -0.535. The van der Waals surface area contributed by atoms with Crippen molar-refractivity contribution in [2.75, 3.05) is 31.5 Å². The highest BCUT2D eigenvalue weighted by atomic mass is 35.5. The molecule has 0 aliphatic carbocycles. The Balaban J connectivity index is 1.47. The van der Waals surface area contributed by atoms with Crippen LogP contribution in [0.2, 0.25) is 5.02 Å². The maximum absolute atomic E-state index is 12.8. The number of anilines is 1. The quantitative estimate of drug-likeness (QED) is 0.538. The lowest BCUT2D eigenvalue weighted by Crippen LogP contribution is -2.48. The minimum Gasteiger partial charge on any atom is -0.368 e. The number of fused-ring (bicyclic) bond motifs is 1. The van der Waals surface area contributed by atoms with Gasteiger partial charge in [-0.1, -0.05) is 43.6 Å². The van der Waals surface area contributed by atoms with E-state index in [4.69, 9.17) is 27.3 Å². The van der Waals surface area contributed by atoms with E-state index in [0.717, 1.165) is 10.9 Å². The van der Waals surface area contributed by atoms with Gasteiger partial charge < -0.3 is 16.0 Å². The predicted octanol–water partition coefficient (Wildman–Crippen LogP) is 3.16. The van der Waals surface area contributed by atoms with E-state index in [2.05, 4.69) is 10.2 Å². The predicted molar refractivity (Wildman–Crippen MR) is 134 cm³/mol. The number of nitrogens with zero attached hydrogens (tertiary/aromatic N) is 4. The molecule has 0 saturated carbocycles. The fourth-order valence-corrected chi connectivity index (χ4v) is 4.32. The zero-order chi connectivity index (χ0) is 24.2. The van der Waals surface area contributed by atoms with E-state index < -0.39 is 11.9 Å². The van der Waals surface area contributed by atoms with E-state index in [9.17, 15) is 9.59 Å². The molecule has 1 aliphatic rings. The Morgan fingerprint density at radius 2 is 1.79 bits per heavy atom. The Kier molecular flexibility index (Phi) is 7.29. The summed E-state index contributed by atoms with van der Waals surface area (Å²) in [6, 6.07) is 14.2. The summed E-state index contributed by atoms with van der Waals surface area (Å²) in [6.45, 7) is 7.07. The molecule has 178 valence electrons. The van der Waals surface area contributed by atoms with Crippen LogP contribution in [0, 0.1) is 5.92 Å². The SMILES string of the molecule is CC(C)[C@H](Nc1nc(CN2CCN(C(=O)c3cccc(Cl)c3)CC2)nc2ccccc12)C(N)=O. The van der Waals surface area contributed by atoms with E-state index in [1.54, 1.807) is 24.3 Å². The summed E-state index contributed by atoms with van der Waals surface area (Å²) >= 11 is 6.04. The summed E-state index contributed by atoms with van der Waals surface area (Å²) < 4.78 is 0. The molecule has 3 N–H and O–H groups in total. The van der Waals surface area contributed by atoms with E-state index >= 15 is 0 Å². The van der Waals surface area contributed by atoms with Gasteiger partial charge in [0, 0.05) is 42.2 Å². The van der Waals surface area contributed by atoms with Crippen molar-refractivity contribution in [3.8, 4) is 0 Å². The Morgan fingerprint density at radius 3 is 2.47 bits per heavy atom. The van der Waals surface area contributed by atoms with Gasteiger partial charge in [-0.15, -0.1) is 0 Å². The third-order valence-electron chi connectivity index (χ3n) is 6.01. The monoisotopic (exact) mass is 480 g/mol. The number of nitrogens with one attached hydrogen (secondary N) is 1. The molecule has 1 atom stereocenters. The summed E-state index contributed by atoms with van der Waals surface area (Å²) in [5.41, 5.74) is 7.02. The molecule has 2 amide bonds. The lowest BCUT2D eigenvalue weighted by molar-refractivity contribution is -0.119. The zero-order valence-corrected chi connectivity index (χ0v) is 20.1. The molecule has 2 heterocycles. The van der Waals surface area contributed by atoms with Gasteiger partial charge in [0.15, 0.2) is 0 Å². The van der Waals surface area contributed by atoms with Gasteiger partial charge in [-0.05, 0) is 36.2 Å². The van der Waals surface area contributed by atoms with Crippen LogP contribution >= 0.6 is 11.6 Å². The number of primary amides is 1. The highest BCUT2D eigenvalue weighted by molar-refractivity contribution is 6.30. The molecular formula is C25H29ClN6O2. The van der Waals surface area contributed by atoms with Crippen molar-refractivity contribution >= 4 is 40.1 Å². The molecule has 0 unspecified atom stereocenters. The van der Waals surface area contributed by atoms with Gasteiger partial charge in [-0.3, -0.25) is 14.5 Å². The fourth-order valence-electron chi connectivity index (χ4n) is 4.13. The van der Waals surface area contributed by atoms with Crippen molar-refractivity contribution in [2.24, 2.45) is 11.7 Å². The minimum absolute atomic E-state index is 0.0122. The number of amides is 2. The highest BCUT2D eigenvalue weighted by Gasteiger charge is 2.24. The van der Waals surface area contributed by atoms with Gasteiger partial charge in [0.2, 0.25) is 5.91 Å². The number of aromatic nitrogens is 2. The largest absolute Gasteiger partial charge is 0.368 e. The normalized spacial score (nSPS) is 15.5. The van der Waals surface area contributed by atoms with Crippen molar-refractivity contribution in [3.63, 3.8) is 0 Å². The van der Waals surface area contributed by atoms with Gasteiger partial charge >= 0.3 is 0 Å². The number of piperazine rings is 1. The first-order valence-corrected chi connectivity index (χ1v) is 11.8. The first-order chi connectivity index (χ1) is 16.3. The Hall–Kier alpha value is -3.23. The Morgan fingerprint density at radius 1 is 1.06 bits per heavy atom. The summed E-state index contributed by atoms with van der Waals surface area (Å²) in [6.07, 6.45) is 0. The molecule has 34 heavy (non-hydrogen) atoms. The maximum atomic E-state index is 12.8. The summed E-state index contributed by atoms with van der Waals surface area (Å²) in [4.78, 5) is 38.3. The number of halogens is 1. The molecule has 2 aromatic carbocycles. The van der Waals surface area contributed by atoms with Crippen LogP contribution in [0.3, 0.4) is 0 Å². The van der Waals surface area contributed by atoms with Gasteiger partial charge in [0.05, 0.1) is 12.1 Å². The summed E-state index contributed by atoms with van der Waals surface area (Å²) in [7, 11) is 0. The second-order valence-electron chi connectivity index (χ2n) is 8.85. The molecule has 0 bridgehead atoms. The molecule has 3 aromatic rings. The van der Waals surface area contributed by atoms with Gasteiger partial charge in [-0.2, -0.15) is 0 Å². The Labute approximate surface area is 204 Å². The average Bonchev–Trinajstić information content (AvgIpc) is 2.82. The molecule has 8 nitrogen and oxygen atoms in total. The van der Waals surface area contributed by atoms with Gasteiger partial charge in [-0.25, -0.2) is 9.97 Å². The van der Waals surface area contributed by atoms with Crippen LogP contribution in [0.5, 0.6) is 0 Å². The third kappa shape index (κ3) is 5.46.